The first-order valence-corrected chi connectivity index (χ1v) is 5.90. The number of piperazine rings is 1. The largest absolute Gasteiger partial charge is 0.507 e. The number of nitrogens with one attached hydrogen (secondary N) is 1. The molecule has 1 unspecified atom stereocenters. The van der Waals surface area contributed by atoms with Gasteiger partial charge in [0.05, 0.1) is 5.56 Å². The monoisotopic (exact) mass is 234 g/mol. The minimum absolute atomic E-state index is 0.0705. The lowest BCUT2D eigenvalue weighted by Gasteiger charge is -2.32. The van der Waals surface area contributed by atoms with Crippen LogP contribution in [0.5, 0.6) is 5.75 Å². The molecule has 1 fully saturated rings. The molecule has 1 aromatic carbocycles. The third-order valence-electron chi connectivity index (χ3n) is 3.04. The van der Waals surface area contributed by atoms with Crippen LogP contribution in [-0.2, 0) is 0 Å². The molecule has 0 spiro atoms. The van der Waals surface area contributed by atoms with Crippen molar-refractivity contribution in [3.63, 3.8) is 0 Å². The maximum absolute atomic E-state index is 12.2. The third-order valence-corrected chi connectivity index (χ3v) is 3.04. The van der Waals surface area contributed by atoms with E-state index in [1.165, 1.54) is 0 Å². The van der Waals surface area contributed by atoms with E-state index in [9.17, 15) is 9.90 Å². The fourth-order valence-electron chi connectivity index (χ4n) is 2.11. The van der Waals surface area contributed by atoms with E-state index in [0.29, 0.717) is 24.7 Å². The van der Waals surface area contributed by atoms with Crippen LogP contribution in [0.2, 0.25) is 0 Å². The number of carbonyl (C=O) groups is 1. The van der Waals surface area contributed by atoms with Crippen LogP contribution in [-0.4, -0.2) is 41.6 Å². The first-order chi connectivity index (χ1) is 8.08. The Kier molecular flexibility index (Phi) is 3.33. The van der Waals surface area contributed by atoms with Gasteiger partial charge in [0.1, 0.15) is 5.75 Å². The number of phenolic OH excluding ortho intramolecular Hbond substituents is 1. The van der Waals surface area contributed by atoms with Gasteiger partial charge in [-0.2, -0.15) is 0 Å². The first-order valence-electron chi connectivity index (χ1n) is 5.90. The smallest absolute Gasteiger partial charge is 0.257 e. The Hall–Kier alpha value is -1.55. The van der Waals surface area contributed by atoms with Gasteiger partial charge in [-0.05, 0) is 31.5 Å². The molecule has 4 nitrogen and oxygen atoms in total. The fraction of sp³-hybridized carbons (Fsp3) is 0.462. The van der Waals surface area contributed by atoms with Gasteiger partial charge in [-0.1, -0.05) is 6.07 Å². The number of phenols is 1. The van der Waals surface area contributed by atoms with E-state index in [2.05, 4.69) is 12.2 Å². The van der Waals surface area contributed by atoms with Gasteiger partial charge in [0.25, 0.3) is 5.91 Å². The number of hydrogen-bond donors (Lipinski definition) is 2. The van der Waals surface area contributed by atoms with Crippen molar-refractivity contribution in [2.45, 2.75) is 19.9 Å². The summed E-state index contributed by atoms with van der Waals surface area (Å²) in [4.78, 5) is 14.0. The van der Waals surface area contributed by atoms with Crippen LogP contribution in [0.4, 0.5) is 0 Å². The summed E-state index contributed by atoms with van der Waals surface area (Å²) in [7, 11) is 0. The molecule has 4 heteroatoms. The van der Waals surface area contributed by atoms with E-state index in [1.54, 1.807) is 17.0 Å². The molecule has 0 bridgehead atoms. The first kappa shape index (κ1) is 11.9. The molecular formula is C13H18N2O2. The van der Waals surface area contributed by atoms with Crippen molar-refractivity contribution in [2.24, 2.45) is 0 Å². The molecule has 1 atom stereocenters. The van der Waals surface area contributed by atoms with Gasteiger partial charge in [0.15, 0.2) is 0 Å². The maximum Gasteiger partial charge on any atom is 0.257 e. The third kappa shape index (κ3) is 2.58. The lowest BCUT2D eigenvalue weighted by Crippen LogP contribution is -2.51. The number of aryl methyl sites for hydroxylation is 1. The van der Waals surface area contributed by atoms with Crippen LogP contribution in [0.15, 0.2) is 18.2 Å². The fourth-order valence-corrected chi connectivity index (χ4v) is 2.11. The number of benzene rings is 1. The van der Waals surface area contributed by atoms with E-state index in [-0.39, 0.29) is 11.7 Å². The second-order valence-corrected chi connectivity index (χ2v) is 4.63. The predicted octanol–water partition coefficient (Wildman–Crippen LogP) is 1.13. The minimum atomic E-state index is -0.0872. The predicted molar refractivity (Wildman–Crippen MR) is 66.2 cm³/mol. The summed E-state index contributed by atoms with van der Waals surface area (Å²) in [6.07, 6.45) is 0. The van der Waals surface area contributed by atoms with Gasteiger partial charge in [0.2, 0.25) is 0 Å². The van der Waals surface area contributed by atoms with Crippen LogP contribution < -0.4 is 5.32 Å². The highest BCUT2D eigenvalue weighted by Gasteiger charge is 2.23. The van der Waals surface area contributed by atoms with Crippen LogP contribution in [0.3, 0.4) is 0 Å². The molecule has 1 aromatic rings. The Morgan fingerprint density at radius 3 is 2.94 bits per heavy atom. The molecular weight excluding hydrogens is 216 g/mol. The highest BCUT2D eigenvalue weighted by Crippen LogP contribution is 2.20. The van der Waals surface area contributed by atoms with Crippen LogP contribution in [0, 0.1) is 6.92 Å². The number of rotatable bonds is 1. The molecule has 1 heterocycles. The summed E-state index contributed by atoms with van der Waals surface area (Å²) in [5, 5.41) is 13.1. The molecule has 1 aliphatic heterocycles. The lowest BCUT2D eigenvalue weighted by atomic mass is 10.1. The molecule has 17 heavy (non-hydrogen) atoms. The molecule has 1 aliphatic rings. The molecule has 0 radical (unpaired) electrons. The zero-order valence-corrected chi connectivity index (χ0v) is 10.2. The average Bonchev–Trinajstić information content (AvgIpc) is 2.28. The molecule has 0 aliphatic carbocycles. The molecule has 0 aromatic heterocycles. The standard InChI is InChI=1S/C13H18N2O2/c1-9-3-4-11(12(16)7-9)13(17)15-6-5-14-10(2)8-15/h3-4,7,10,14,16H,5-6,8H2,1-2H3. The quantitative estimate of drug-likeness (QED) is 0.766. The Bertz CT molecular complexity index is 431. The number of carbonyl (C=O) groups excluding carboxylic acids is 1. The normalized spacial score (nSPS) is 20.4. The molecule has 2 N–H and O–H groups in total. The van der Waals surface area contributed by atoms with Crippen molar-refractivity contribution in [3.05, 3.63) is 29.3 Å². The highest BCUT2D eigenvalue weighted by atomic mass is 16.3. The second-order valence-electron chi connectivity index (χ2n) is 4.63. The van der Waals surface area contributed by atoms with Crippen molar-refractivity contribution in [1.29, 1.82) is 0 Å². The van der Waals surface area contributed by atoms with E-state index in [0.717, 1.165) is 12.1 Å². The van der Waals surface area contributed by atoms with Gasteiger partial charge < -0.3 is 15.3 Å². The van der Waals surface area contributed by atoms with Crippen molar-refractivity contribution < 1.29 is 9.90 Å². The van der Waals surface area contributed by atoms with E-state index >= 15 is 0 Å². The lowest BCUT2D eigenvalue weighted by molar-refractivity contribution is 0.0706. The summed E-state index contributed by atoms with van der Waals surface area (Å²) in [5.74, 6) is -0.0166. The van der Waals surface area contributed by atoms with Crippen LogP contribution in [0.1, 0.15) is 22.8 Å². The summed E-state index contributed by atoms with van der Waals surface area (Å²) in [5.41, 5.74) is 1.34. The van der Waals surface area contributed by atoms with Crippen molar-refractivity contribution >= 4 is 5.91 Å². The van der Waals surface area contributed by atoms with Crippen molar-refractivity contribution in [1.82, 2.24) is 10.2 Å². The molecule has 2 rings (SSSR count). The number of nitrogens with zero attached hydrogens (tertiary/aromatic N) is 1. The summed E-state index contributed by atoms with van der Waals surface area (Å²) in [6.45, 7) is 6.12. The van der Waals surface area contributed by atoms with Gasteiger partial charge in [-0.25, -0.2) is 0 Å². The molecule has 92 valence electrons. The van der Waals surface area contributed by atoms with Gasteiger partial charge >= 0.3 is 0 Å². The Labute approximate surface area is 101 Å². The van der Waals surface area contributed by atoms with Crippen molar-refractivity contribution in [2.75, 3.05) is 19.6 Å². The van der Waals surface area contributed by atoms with Crippen LogP contribution >= 0.6 is 0 Å². The Balaban J connectivity index is 2.18. The zero-order chi connectivity index (χ0) is 12.4. The van der Waals surface area contributed by atoms with E-state index < -0.39 is 0 Å². The molecule has 1 saturated heterocycles. The summed E-state index contributed by atoms with van der Waals surface area (Å²) < 4.78 is 0. The number of amides is 1. The highest BCUT2D eigenvalue weighted by molar-refractivity contribution is 5.97. The summed E-state index contributed by atoms with van der Waals surface area (Å²) in [6, 6.07) is 5.47. The van der Waals surface area contributed by atoms with Gasteiger partial charge in [0, 0.05) is 25.7 Å². The van der Waals surface area contributed by atoms with E-state index in [4.69, 9.17) is 0 Å². The second kappa shape index (κ2) is 4.75. The summed E-state index contributed by atoms with van der Waals surface area (Å²) >= 11 is 0. The number of hydrogen-bond acceptors (Lipinski definition) is 3. The molecule has 0 saturated carbocycles. The topological polar surface area (TPSA) is 52.6 Å². The minimum Gasteiger partial charge on any atom is -0.507 e. The Morgan fingerprint density at radius 2 is 2.29 bits per heavy atom. The average molecular weight is 234 g/mol. The van der Waals surface area contributed by atoms with Crippen LogP contribution in [0.25, 0.3) is 0 Å². The molecule has 1 amide bonds. The van der Waals surface area contributed by atoms with Gasteiger partial charge in [-0.15, -0.1) is 0 Å². The maximum atomic E-state index is 12.2. The number of aromatic hydroxyl groups is 1. The Morgan fingerprint density at radius 1 is 1.53 bits per heavy atom. The van der Waals surface area contributed by atoms with E-state index in [1.807, 2.05) is 13.0 Å². The van der Waals surface area contributed by atoms with Gasteiger partial charge in [-0.3, -0.25) is 4.79 Å². The zero-order valence-electron chi connectivity index (χ0n) is 10.2. The SMILES string of the molecule is Cc1ccc(C(=O)N2CCNC(C)C2)c(O)c1. The van der Waals surface area contributed by atoms with Crippen molar-refractivity contribution in [3.8, 4) is 5.75 Å².